The van der Waals surface area contributed by atoms with E-state index in [0.29, 0.717) is 68.2 Å². The van der Waals surface area contributed by atoms with Crippen LogP contribution in [0.2, 0.25) is 0 Å². The van der Waals surface area contributed by atoms with Crippen molar-refractivity contribution in [2.45, 2.75) is 25.7 Å². The highest BCUT2D eigenvalue weighted by Crippen LogP contribution is 2.51. The van der Waals surface area contributed by atoms with Crippen molar-refractivity contribution in [2.75, 3.05) is 0 Å². The minimum atomic E-state index is -6.12. The van der Waals surface area contributed by atoms with E-state index in [0.717, 1.165) is 0 Å². The summed E-state index contributed by atoms with van der Waals surface area (Å²) < 4.78 is 71.9. The van der Waals surface area contributed by atoms with Gasteiger partial charge in [0.25, 0.3) is 11.9 Å². The van der Waals surface area contributed by atoms with Crippen molar-refractivity contribution in [3.63, 3.8) is 0 Å². The number of carbonyl (C=O) groups excluding carboxylic acids is 2. The number of benzene rings is 12. The van der Waals surface area contributed by atoms with Crippen LogP contribution < -0.4 is 48.9 Å². The molecule has 25 heteroatoms. The molecule has 113 heavy (non-hydrogen) atoms. The Balaban J connectivity index is 1.05. The predicted molar refractivity (Wildman–Crippen MR) is 419 cm³/mol. The van der Waals surface area contributed by atoms with Gasteiger partial charge < -0.3 is 57.0 Å². The number of hydrogen-bond acceptors (Lipinski definition) is 20. The zero-order chi connectivity index (χ0) is 76.5. The highest BCUT2D eigenvalue weighted by molar-refractivity contribution is 6.69. The van der Waals surface area contributed by atoms with Gasteiger partial charge in [-0.25, -0.2) is 30.0 Å². The number of aromatic nitrogens is 2. The Morgan fingerprint density at radius 2 is 0.487 bits per heavy atom. The molecule has 0 unspecified atom stereocenters. The monoisotopic (exact) mass is 1510 g/mol. The third-order valence-corrected chi connectivity index (χ3v) is 21.3. The first-order valence-corrected chi connectivity index (χ1v) is 37.4. The Kier molecular flexibility index (Phi) is 18.1. The maximum absolute atomic E-state index is 15.9. The fraction of sp³-hybridized carbons (Fsp3) is 0.0455. The van der Waals surface area contributed by atoms with Gasteiger partial charge in [0, 0.05) is 43.8 Å². The third kappa shape index (κ3) is 14.0. The van der Waals surface area contributed by atoms with E-state index < -0.39 is 58.4 Å². The molecule has 6 heterocycles. The molecule has 12 aromatic carbocycles. The van der Waals surface area contributed by atoms with Crippen molar-refractivity contribution in [1.29, 1.82) is 0 Å². The molecule has 4 aliphatic rings. The Morgan fingerprint density at radius 3 is 0.726 bits per heavy atom. The van der Waals surface area contributed by atoms with Crippen LogP contribution in [0, 0.1) is 0 Å². The first-order chi connectivity index (χ1) is 55.4. The lowest BCUT2D eigenvalue weighted by Gasteiger charge is -2.31. The molecule has 0 saturated heterocycles. The van der Waals surface area contributed by atoms with Gasteiger partial charge in [-0.1, -0.05) is 146 Å². The zero-order valence-electron chi connectivity index (χ0n) is 59.2. The number of aliphatic imine (C=N–C) groups is 4. The van der Waals surface area contributed by atoms with Crippen molar-refractivity contribution in [3.8, 4) is 92.0 Å². The molecular formula is C88H58N8O16Si. The number of carbonyl (C=O) groups is 4. The van der Waals surface area contributed by atoms with Gasteiger partial charge in [-0.15, -0.1) is 0 Å². The number of hydrogen-bond donors (Lipinski definition) is 2. The van der Waals surface area contributed by atoms with Gasteiger partial charge in [0.2, 0.25) is 0 Å². The SMILES string of the molecule is O=C(O)CCC(=O)O[Si]1(OC(=O)CCC(=O)O)n2c3c4cc(Oc5ccccc5)c(Oc5ccccc5)cc4c2N=C2N=C(N=c4c5cc(Oc6ccccc6)c(Oc6ccccc6)cc5c(n41)=NC1=NC(=N3)c3cc(Oc4ccccc4)c(Oc4ccccc4)cc31)c1cc(Oc3ccccc3)c(Oc3ccccc3)cc12. The summed E-state index contributed by atoms with van der Waals surface area (Å²) in [6.45, 7) is 0. The second-order valence-corrected chi connectivity index (χ2v) is 28.3. The molecule has 4 aliphatic heterocycles. The molecule has 2 N–H and O–H groups in total. The third-order valence-electron chi connectivity index (χ3n) is 18.3. The van der Waals surface area contributed by atoms with E-state index in [2.05, 4.69) is 0 Å². The lowest BCUT2D eigenvalue weighted by atomic mass is 10.1. The van der Waals surface area contributed by atoms with Gasteiger partial charge in [0.05, 0.1) is 25.7 Å². The number of para-hydroxylation sites is 8. The van der Waals surface area contributed by atoms with Crippen molar-refractivity contribution in [2.24, 2.45) is 30.0 Å². The molecule has 0 radical (unpaired) electrons. The zero-order valence-corrected chi connectivity index (χ0v) is 60.2. The second kappa shape index (κ2) is 29.6. The summed E-state index contributed by atoms with van der Waals surface area (Å²) in [6.07, 6.45) is -3.26. The smallest absolute Gasteiger partial charge is 0.481 e. The molecule has 2 aromatic heterocycles. The first-order valence-electron chi connectivity index (χ1n) is 35.7. The highest BCUT2D eigenvalue weighted by Gasteiger charge is 2.60. The Labute approximate surface area is 642 Å². The Bertz CT molecular complexity index is 6030. The molecule has 6 bridgehead atoms. The van der Waals surface area contributed by atoms with E-state index in [-0.39, 0.29) is 113 Å². The van der Waals surface area contributed by atoms with Crippen molar-refractivity contribution < 1.29 is 76.1 Å². The van der Waals surface area contributed by atoms with Crippen LogP contribution in [-0.4, -0.2) is 74.8 Å². The van der Waals surface area contributed by atoms with Gasteiger partial charge in [-0.3, -0.25) is 27.6 Å². The van der Waals surface area contributed by atoms with Crippen LogP contribution in [0.15, 0.2) is 321 Å². The largest absolute Gasteiger partial charge is 0.742 e. The van der Waals surface area contributed by atoms with E-state index >= 15 is 9.59 Å². The summed E-state index contributed by atoms with van der Waals surface area (Å²) in [5.74, 6) is -1.42. The number of amidine groups is 4. The van der Waals surface area contributed by atoms with Gasteiger partial charge in [-0.2, -0.15) is 0 Å². The van der Waals surface area contributed by atoms with Gasteiger partial charge in [-0.05, 0) is 146 Å². The maximum Gasteiger partial charge on any atom is 0.742 e. The van der Waals surface area contributed by atoms with E-state index in [1.54, 1.807) is 194 Å². The van der Waals surface area contributed by atoms with Crippen LogP contribution in [0.1, 0.15) is 47.9 Å². The average molecular weight is 1510 g/mol. The predicted octanol–water partition coefficient (Wildman–Crippen LogP) is 18.5. The van der Waals surface area contributed by atoms with Crippen LogP contribution >= 0.6 is 0 Å². The minimum absolute atomic E-state index is 0.0524. The number of ether oxygens (including phenoxy) is 8. The fourth-order valence-corrected chi connectivity index (χ4v) is 16.4. The summed E-state index contributed by atoms with van der Waals surface area (Å²) in [5, 5.41) is 21.5. The molecule has 0 amide bonds. The summed E-state index contributed by atoms with van der Waals surface area (Å²) in [4.78, 5) is 90.8. The molecule has 18 rings (SSSR count). The number of fused-ring (bicyclic) bond motifs is 14. The quantitative estimate of drug-likeness (QED) is 0.0532. The molecule has 24 nitrogen and oxygen atoms in total. The van der Waals surface area contributed by atoms with Crippen LogP contribution in [0.5, 0.6) is 92.0 Å². The number of carboxylic acids is 2. The van der Waals surface area contributed by atoms with Gasteiger partial charge >= 0.3 is 20.8 Å². The van der Waals surface area contributed by atoms with Crippen molar-refractivity contribution in [3.05, 3.63) is 324 Å². The molecule has 0 saturated carbocycles. The maximum atomic E-state index is 15.9. The molecular weight excluding hydrogens is 1450 g/mol. The number of carboxylic acid groups (broad SMARTS) is 2. The Morgan fingerprint density at radius 1 is 0.265 bits per heavy atom. The lowest BCUT2D eigenvalue weighted by molar-refractivity contribution is -0.147. The number of rotatable bonds is 24. The van der Waals surface area contributed by atoms with E-state index in [1.165, 1.54) is 8.47 Å². The Hall–Kier alpha value is -15.5. The second-order valence-electron chi connectivity index (χ2n) is 25.9. The molecule has 14 aromatic rings. The standard InChI is InChI=1S/C88H58N8O16Si/c97-77(98)41-43-79(101)111-113(112-80(102)44-42-78(99)100)95-85-65-49-73(107-57-33-17-5-18-34-57)74(108-58-35-19-6-20-36-58)50-66(65)87(95)93-83-63-47-71(105-55-29-13-3-14-30-55)72(106-56-31-15-4-16-32-56)48-64(63)84(90-83)94-88-68-52-76(110-60-39-23-8-24-40-60)75(109-59-37-21-7-22-38-59)51-67(68)86(96(88)113)92-82-62-46-70(104-54-27-11-2-12-28-54)69(45-61(62)81(89-82)91-85)103-53-25-9-1-10-26-53/h1-40,45-52H,41-44H2,(H,97,98)(H,99,100). The van der Waals surface area contributed by atoms with E-state index in [9.17, 15) is 19.8 Å². The molecule has 0 aliphatic carbocycles. The summed E-state index contributed by atoms with van der Waals surface area (Å²) in [5.41, 5.74) is 0.826. The summed E-state index contributed by atoms with van der Waals surface area (Å²) >= 11 is 0. The van der Waals surface area contributed by atoms with Crippen LogP contribution in [0.4, 0.5) is 11.6 Å². The summed E-state index contributed by atoms with van der Waals surface area (Å²) in [6, 6.07) is 85.4. The number of aliphatic carboxylic acids is 2. The fourth-order valence-electron chi connectivity index (χ4n) is 13.2. The molecule has 550 valence electrons. The first kappa shape index (κ1) is 69.3. The van der Waals surface area contributed by atoms with Gasteiger partial charge in [0.1, 0.15) is 68.6 Å². The molecule has 0 fully saturated rings. The highest BCUT2D eigenvalue weighted by atomic mass is 28.4. The van der Waals surface area contributed by atoms with Crippen molar-refractivity contribution >= 4 is 89.3 Å². The van der Waals surface area contributed by atoms with Crippen molar-refractivity contribution in [1.82, 2.24) is 8.47 Å². The summed E-state index contributed by atoms with van der Waals surface area (Å²) in [7, 11) is -6.12. The molecule has 0 atom stereocenters. The normalized spacial score (nSPS) is 13.0. The van der Waals surface area contributed by atoms with E-state index in [4.69, 9.17) is 76.7 Å². The van der Waals surface area contributed by atoms with E-state index in [1.807, 2.05) is 97.1 Å². The minimum Gasteiger partial charge on any atom is -0.481 e. The van der Waals surface area contributed by atoms with Crippen LogP contribution in [-0.2, 0) is 28.0 Å². The molecule has 0 spiro atoms. The topological polar surface area (TPSA) is 285 Å². The van der Waals surface area contributed by atoms with Crippen LogP contribution in [0.3, 0.4) is 0 Å². The lowest BCUT2D eigenvalue weighted by Crippen LogP contribution is -2.65. The van der Waals surface area contributed by atoms with Crippen LogP contribution in [0.25, 0.3) is 21.5 Å². The average Bonchev–Trinajstić information content (AvgIpc) is 1.53. The van der Waals surface area contributed by atoms with Gasteiger partial charge in [0.15, 0.2) is 69.3 Å². The number of nitrogens with zero attached hydrogens (tertiary/aromatic N) is 8.